The highest BCUT2D eigenvalue weighted by atomic mass is 35.5. The Morgan fingerprint density at radius 2 is 2.23 bits per heavy atom. The number of aryl methyl sites for hydroxylation is 1. The average Bonchev–Trinajstić information content (AvgIpc) is 2.94. The van der Waals surface area contributed by atoms with Gasteiger partial charge in [0.05, 0.1) is 15.6 Å². The molecule has 0 fully saturated rings. The van der Waals surface area contributed by atoms with E-state index in [0.29, 0.717) is 12.3 Å². The van der Waals surface area contributed by atoms with Crippen LogP contribution in [0.2, 0.25) is 5.02 Å². The van der Waals surface area contributed by atoms with Crippen LogP contribution in [-0.4, -0.2) is 36.6 Å². The summed E-state index contributed by atoms with van der Waals surface area (Å²) in [7, 11) is -4.19. The third-order valence-electron chi connectivity index (χ3n) is 3.51. The van der Waals surface area contributed by atoms with Crippen LogP contribution in [0.4, 0.5) is 5.69 Å². The summed E-state index contributed by atoms with van der Waals surface area (Å²) in [4.78, 5) is 23.4. The second-order valence-corrected chi connectivity index (χ2v) is 7.61. The number of hydrogen-bond donors (Lipinski definition) is 2. The van der Waals surface area contributed by atoms with Crippen molar-refractivity contribution in [2.45, 2.75) is 24.8 Å². The number of aromatic nitrogens is 2. The predicted octanol–water partition coefficient (Wildman–Crippen LogP) is 1.40. The van der Waals surface area contributed by atoms with Gasteiger partial charge in [0.15, 0.2) is 12.3 Å². The van der Waals surface area contributed by atoms with Crippen LogP contribution in [0.3, 0.4) is 0 Å². The van der Waals surface area contributed by atoms with Crippen LogP contribution in [0.15, 0.2) is 29.3 Å². The Hall–Kier alpha value is -2.59. The summed E-state index contributed by atoms with van der Waals surface area (Å²) in [5.74, 6) is -0.997. The minimum atomic E-state index is -4.19. The molecule has 2 N–H and O–H groups in total. The molecule has 3 rings (SSSR count). The third-order valence-corrected chi connectivity index (χ3v) is 5.11. The first-order chi connectivity index (χ1) is 12.3. The number of amides is 2. The van der Waals surface area contributed by atoms with Crippen molar-refractivity contribution in [2.24, 2.45) is 0 Å². The smallest absolute Gasteiger partial charge is 0.287 e. The van der Waals surface area contributed by atoms with E-state index in [-0.39, 0.29) is 27.9 Å². The topological polar surface area (TPSA) is 119 Å². The van der Waals surface area contributed by atoms with Gasteiger partial charge >= 0.3 is 0 Å². The van der Waals surface area contributed by atoms with E-state index < -0.39 is 21.8 Å². The third kappa shape index (κ3) is 3.65. The molecule has 0 spiro atoms. The van der Waals surface area contributed by atoms with E-state index >= 15 is 0 Å². The SMILES string of the molecule is CCCn1cc(Cl)c(C(=O)NS(=O)(=O)c2ccc3c(c2)NC(=O)CO3)n1. The molecule has 0 saturated carbocycles. The van der Waals surface area contributed by atoms with Gasteiger partial charge in [-0.15, -0.1) is 0 Å². The van der Waals surface area contributed by atoms with Crippen LogP contribution >= 0.6 is 11.6 Å². The van der Waals surface area contributed by atoms with Crippen LogP contribution < -0.4 is 14.8 Å². The van der Waals surface area contributed by atoms with Crippen molar-refractivity contribution in [1.29, 1.82) is 0 Å². The fourth-order valence-corrected chi connectivity index (χ4v) is 3.57. The van der Waals surface area contributed by atoms with E-state index in [0.717, 1.165) is 6.42 Å². The summed E-state index contributed by atoms with van der Waals surface area (Å²) < 4.78 is 33.5. The van der Waals surface area contributed by atoms with Gasteiger partial charge in [-0.25, -0.2) is 13.1 Å². The highest BCUT2D eigenvalue weighted by Gasteiger charge is 2.25. The first kappa shape index (κ1) is 18.2. The molecule has 1 aliphatic rings. The van der Waals surface area contributed by atoms with E-state index in [1.807, 2.05) is 11.6 Å². The average molecular weight is 399 g/mol. The van der Waals surface area contributed by atoms with E-state index in [9.17, 15) is 18.0 Å². The molecule has 138 valence electrons. The van der Waals surface area contributed by atoms with E-state index in [2.05, 4.69) is 10.4 Å². The zero-order valence-corrected chi connectivity index (χ0v) is 15.2. The fraction of sp³-hybridized carbons (Fsp3) is 0.267. The summed E-state index contributed by atoms with van der Waals surface area (Å²) >= 11 is 5.96. The Bertz CT molecular complexity index is 986. The van der Waals surface area contributed by atoms with Crippen LogP contribution in [0, 0.1) is 0 Å². The van der Waals surface area contributed by atoms with Gasteiger partial charge in [0.25, 0.3) is 21.8 Å². The van der Waals surface area contributed by atoms with Crippen molar-refractivity contribution in [2.75, 3.05) is 11.9 Å². The Morgan fingerprint density at radius 3 is 2.96 bits per heavy atom. The number of nitrogens with zero attached hydrogens (tertiary/aromatic N) is 2. The van der Waals surface area contributed by atoms with Crippen molar-refractivity contribution < 1.29 is 22.7 Å². The molecular formula is C15H15ClN4O5S. The molecule has 1 aromatic carbocycles. The molecule has 0 saturated heterocycles. The maximum absolute atomic E-state index is 12.5. The summed E-state index contributed by atoms with van der Waals surface area (Å²) in [5.41, 5.74) is 0.0279. The first-order valence-electron chi connectivity index (χ1n) is 7.67. The van der Waals surface area contributed by atoms with Gasteiger partial charge in [-0.3, -0.25) is 14.3 Å². The second kappa shape index (κ2) is 6.96. The number of nitrogens with one attached hydrogen (secondary N) is 2. The monoisotopic (exact) mass is 398 g/mol. The summed E-state index contributed by atoms with van der Waals surface area (Å²) in [6.07, 6.45) is 2.23. The Morgan fingerprint density at radius 1 is 1.46 bits per heavy atom. The number of anilines is 1. The molecule has 1 aliphatic heterocycles. The lowest BCUT2D eigenvalue weighted by molar-refractivity contribution is -0.118. The highest BCUT2D eigenvalue weighted by Crippen LogP contribution is 2.30. The quantitative estimate of drug-likeness (QED) is 0.785. The summed E-state index contributed by atoms with van der Waals surface area (Å²) in [5, 5.41) is 6.55. The van der Waals surface area contributed by atoms with Crippen molar-refractivity contribution >= 4 is 39.1 Å². The summed E-state index contributed by atoms with van der Waals surface area (Å²) in [6.45, 7) is 2.33. The van der Waals surface area contributed by atoms with E-state index in [4.69, 9.17) is 16.3 Å². The minimum absolute atomic E-state index is 0.0530. The highest BCUT2D eigenvalue weighted by molar-refractivity contribution is 7.90. The minimum Gasteiger partial charge on any atom is -0.482 e. The van der Waals surface area contributed by atoms with Crippen molar-refractivity contribution in [3.05, 3.63) is 35.1 Å². The van der Waals surface area contributed by atoms with Gasteiger partial charge in [-0.1, -0.05) is 18.5 Å². The largest absolute Gasteiger partial charge is 0.482 e. The number of ether oxygens (including phenoxy) is 1. The molecule has 0 bridgehead atoms. The molecule has 11 heteroatoms. The van der Waals surface area contributed by atoms with E-state index in [1.54, 1.807) is 0 Å². The van der Waals surface area contributed by atoms with Gasteiger partial charge in [0.1, 0.15) is 5.75 Å². The fourth-order valence-electron chi connectivity index (χ4n) is 2.35. The number of halogens is 1. The molecule has 9 nitrogen and oxygen atoms in total. The van der Waals surface area contributed by atoms with E-state index in [1.165, 1.54) is 29.1 Å². The number of carbonyl (C=O) groups is 2. The number of rotatable bonds is 5. The van der Waals surface area contributed by atoms with Crippen LogP contribution in [0.25, 0.3) is 0 Å². The molecule has 2 amide bonds. The molecule has 2 heterocycles. The number of hydrogen-bond acceptors (Lipinski definition) is 6. The molecule has 26 heavy (non-hydrogen) atoms. The number of benzene rings is 1. The maximum atomic E-state index is 12.5. The lowest BCUT2D eigenvalue weighted by Gasteiger charge is -2.18. The number of carbonyl (C=O) groups excluding carboxylic acids is 2. The van der Waals surface area contributed by atoms with Crippen molar-refractivity contribution in [3.63, 3.8) is 0 Å². The molecule has 0 atom stereocenters. The molecule has 0 radical (unpaired) electrons. The first-order valence-corrected chi connectivity index (χ1v) is 9.53. The Labute approximate surface area is 154 Å². The molecule has 2 aromatic rings. The molecule has 1 aromatic heterocycles. The number of sulfonamides is 1. The van der Waals surface area contributed by atoms with Crippen LogP contribution in [0.5, 0.6) is 5.75 Å². The van der Waals surface area contributed by atoms with Crippen LogP contribution in [0.1, 0.15) is 23.8 Å². The van der Waals surface area contributed by atoms with Crippen molar-refractivity contribution in [1.82, 2.24) is 14.5 Å². The van der Waals surface area contributed by atoms with Gasteiger partial charge in [0, 0.05) is 12.7 Å². The lowest BCUT2D eigenvalue weighted by atomic mass is 10.2. The maximum Gasteiger partial charge on any atom is 0.287 e. The molecule has 0 aliphatic carbocycles. The second-order valence-electron chi connectivity index (χ2n) is 5.52. The van der Waals surface area contributed by atoms with Gasteiger partial charge in [-0.05, 0) is 24.6 Å². The Kier molecular flexibility index (Phi) is 4.88. The standard InChI is InChI=1S/C15H15ClN4O5S/c1-2-5-20-7-10(16)14(18-20)15(22)19-26(23,24)9-3-4-12-11(6-9)17-13(21)8-25-12/h3-4,6-7H,2,5,8H2,1H3,(H,17,21)(H,19,22). The molecule has 0 unspecified atom stereocenters. The van der Waals surface area contributed by atoms with Gasteiger partial charge in [0.2, 0.25) is 0 Å². The zero-order valence-electron chi connectivity index (χ0n) is 13.7. The lowest BCUT2D eigenvalue weighted by Crippen LogP contribution is -2.31. The normalized spacial score (nSPS) is 13.5. The number of fused-ring (bicyclic) bond motifs is 1. The summed E-state index contributed by atoms with van der Waals surface area (Å²) in [6, 6.07) is 3.87. The molecular weight excluding hydrogens is 384 g/mol. The van der Waals surface area contributed by atoms with Crippen molar-refractivity contribution in [3.8, 4) is 5.75 Å². The van der Waals surface area contributed by atoms with Gasteiger partial charge < -0.3 is 10.1 Å². The predicted molar refractivity (Wildman–Crippen MR) is 92.7 cm³/mol. The van der Waals surface area contributed by atoms with Crippen LogP contribution in [-0.2, 0) is 21.4 Å². The van der Waals surface area contributed by atoms with Gasteiger partial charge in [-0.2, -0.15) is 5.10 Å². The zero-order chi connectivity index (χ0) is 18.9. The Balaban J connectivity index is 1.84.